The van der Waals surface area contributed by atoms with Gasteiger partial charge in [-0.2, -0.15) is 0 Å². The van der Waals surface area contributed by atoms with Crippen LogP contribution in [-0.2, 0) is 9.53 Å². The normalized spacial score (nSPS) is 12.4. The van der Waals surface area contributed by atoms with Crippen LogP contribution >= 0.6 is 0 Å². The summed E-state index contributed by atoms with van der Waals surface area (Å²) in [5.41, 5.74) is 0.611. The van der Waals surface area contributed by atoms with E-state index in [1.165, 1.54) is 6.08 Å². The highest BCUT2D eigenvalue weighted by molar-refractivity contribution is 5.98. The number of Topliss-reactive ketones (excluding diaryl/α,β-unsaturated/α-hetero) is 1. The fourth-order valence-electron chi connectivity index (χ4n) is 2.12. The van der Waals surface area contributed by atoms with Gasteiger partial charge in [0.2, 0.25) is 6.79 Å². The van der Waals surface area contributed by atoms with Gasteiger partial charge in [-0.15, -0.1) is 0 Å². The number of hydrogen-bond donors (Lipinski definition) is 0. The number of esters is 1. The van der Waals surface area contributed by atoms with Crippen molar-refractivity contribution in [2.24, 2.45) is 0 Å². The third-order valence-corrected chi connectivity index (χ3v) is 3.40. The molecular weight excluding hydrogens is 334 g/mol. The Labute approximate surface area is 141 Å². The van der Waals surface area contributed by atoms with Crippen molar-refractivity contribution in [3.05, 3.63) is 65.2 Å². The lowest BCUT2D eigenvalue weighted by atomic mass is 10.1. The second kappa shape index (κ2) is 7.12. The molecule has 0 aliphatic carbocycles. The number of benzene rings is 2. The van der Waals surface area contributed by atoms with Crippen LogP contribution < -0.4 is 9.47 Å². The Balaban J connectivity index is 1.55. The second-order valence-electron chi connectivity index (χ2n) is 5.11. The van der Waals surface area contributed by atoms with Gasteiger partial charge in [-0.25, -0.2) is 13.6 Å². The summed E-state index contributed by atoms with van der Waals surface area (Å²) in [7, 11) is 0. The summed E-state index contributed by atoms with van der Waals surface area (Å²) in [4.78, 5) is 23.4. The van der Waals surface area contributed by atoms with Gasteiger partial charge < -0.3 is 14.2 Å². The first-order chi connectivity index (χ1) is 12.0. The Morgan fingerprint density at radius 3 is 2.64 bits per heavy atom. The van der Waals surface area contributed by atoms with E-state index in [0.29, 0.717) is 17.1 Å². The predicted molar refractivity (Wildman–Crippen MR) is 83.2 cm³/mol. The van der Waals surface area contributed by atoms with E-state index in [1.54, 1.807) is 18.2 Å². The number of rotatable bonds is 5. The van der Waals surface area contributed by atoms with E-state index in [2.05, 4.69) is 0 Å². The molecule has 0 aromatic heterocycles. The van der Waals surface area contributed by atoms with Gasteiger partial charge in [-0.3, -0.25) is 4.79 Å². The van der Waals surface area contributed by atoms with E-state index in [1.807, 2.05) is 0 Å². The molecular formula is C18H12F2O5. The van der Waals surface area contributed by atoms with Crippen LogP contribution in [0.5, 0.6) is 11.5 Å². The molecule has 1 heterocycles. The number of fused-ring (bicyclic) bond motifs is 1. The van der Waals surface area contributed by atoms with Crippen molar-refractivity contribution in [3.8, 4) is 11.5 Å². The Kier molecular flexibility index (Phi) is 4.74. The quantitative estimate of drug-likeness (QED) is 0.473. The van der Waals surface area contributed by atoms with Gasteiger partial charge in [0.1, 0.15) is 0 Å². The SMILES string of the molecule is O=C(/C=C/c1ccc2c(c1)OCO2)OCC(=O)c1ccc(F)c(F)c1. The highest BCUT2D eigenvalue weighted by Gasteiger charge is 2.13. The zero-order chi connectivity index (χ0) is 17.8. The van der Waals surface area contributed by atoms with Crippen molar-refractivity contribution in [3.63, 3.8) is 0 Å². The number of halogens is 2. The molecule has 5 nitrogen and oxygen atoms in total. The lowest BCUT2D eigenvalue weighted by Crippen LogP contribution is -2.13. The molecule has 128 valence electrons. The Hall–Kier alpha value is -3.22. The molecule has 0 amide bonds. The minimum absolute atomic E-state index is 0.0774. The van der Waals surface area contributed by atoms with Gasteiger partial charge in [0.25, 0.3) is 0 Å². The first kappa shape index (κ1) is 16.6. The maximum Gasteiger partial charge on any atom is 0.331 e. The summed E-state index contributed by atoms with van der Waals surface area (Å²) < 4.78 is 41.1. The van der Waals surface area contributed by atoms with Crippen LogP contribution in [0.2, 0.25) is 0 Å². The molecule has 0 saturated carbocycles. The van der Waals surface area contributed by atoms with Gasteiger partial charge in [0.05, 0.1) is 0 Å². The van der Waals surface area contributed by atoms with Crippen molar-refractivity contribution < 1.29 is 32.6 Å². The highest BCUT2D eigenvalue weighted by atomic mass is 19.2. The molecule has 0 N–H and O–H groups in total. The average Bonchev–Trinajstić information content (AvgIpc) is 3.08. The van der Waals surface area contributed by atoms with Crippen molar-refractivity contribution in [2.75, 3.05) is 13.4 Å². The van der Waals surface area contributed by atoms with Gasteiger partial charge in [-0.05, 0) is 42.0 Å². The molecule has 0 spiro atoms. The number of ketones is 1. The molecule has 0 unspecified atom stereocenters. The standard InChI is InChI=1S/C18H12F2O5/c19-13-4-3-12(8-14(13)20)15(21)9-23-18(22)6-2-11-1-5-16-17(7-11)25-10-24-16/h1-8H,9-10H2/b6-2+. The second-order valence-corrected chi connectivity index (χ2v) is 5.11. The van der Waals surface area contributed by atoms with E-state index >= 15 is 0 Å². The molecule has 7 heteroatoms. The molecule has 0 atom stereocenters. The topological polar surface area (TPSA) is 61.8 Å². The third-order valence-electron chi connectivity index (χ3n) is 3.40. The van der Waals surface area contributed by atoms with Crippen molar-refractivity contribution in [2.45, 2.75) is 0 Å². The van der Waals surface area contributed by atoms with Crippen LogP contribution in [0, 0.1) is 11.6 Å². The molecule has 2 aromatic carbocycles. The Morgan fingerprint density at radius 1 is 1.04 bits per heavy atom. The van der Waals surface area contributed by atoms with Gasteiger partial charge in [0, 0.05) is 11.6 Å². The summed E-state index contributed by atoms with van der Waals surface area (Å²) in [6.07, 6.45) is 2.64. The molecule has 0 bridgehead atoms. The smallest absolute Gasteiger partial charge is 0.331 e. The van der Waals surface area contributed by atoms with Crippen LogP contribution in [0.15, 0.2) is 42.5 Å². The molecule has 0 fully saturated rings. The van der Waals surface area contributed by atoms with Crippen molar-refractivity contribution in [1.82, 2.24) is 0 Å². The molecule has 2 aromatic rings. The largest absolute Gasteiger partial charge is 0.454 e. The number of ether oxygens (including phenoxy) is 3. The van der Waals surface area contributed by atoms with Crippen LogP contribution in [0.4, 0.5) is 8.78 Å². The first-order valence-corrected chi connectivity index (χ1v) is 7.25. The van der Waals surface area contributed by atoms with Crippen molar-refractivity contribution in [1.29, 1.82) is 0 Å². The van der Waals surface area contributed by atoms with Gasteiger partial charge >= 0.3 is 5.97 Å². The third kappa shape index (κ3) is 4.00. The zero-order valence-electron chi connectivity index (χ0n) is 12.8. The van der Waals surface area contributed by atoms with Crippen LogP contribution in [0.1, 0.15) is 15.9 Å². The molecule has 0 saturated heterocycles. The summed E-state index contributed by atoms with van der Waals surface area (Å²) in [6.45, 7) is -0.425. The summed E-state index contributed by atoms with van der Waals surface area (Å²) in [5, 5.41) is 0. The predicted octanol–water partition coefficient (Wildman–Crippen LogP) is 3.13. The number of hydrogen-bond acceptors (Lipinski definition) is 5. The monoisotopic (exact) mass is 346 g/mol. The summed E-state index contributed by atoms with van der Waals surface area (Å²) in [6, 6.07) is 7.84. The molecule has 0 radical (unpaired) electrons. The van der Waals surface area contributed by atoms with Crippen molar-refractivity contribution >= 4 is 17.8 Å². The van der Waals surface area contributed by atoms with Crippen LogP contribution in [0.25, 0.3) is 6.08 Å². The fourth-order valence-corrected chi connectivity index (χ4v) is 2.12. The van der Waals surface area contributed by atoms with E-state index in [-0.39, 0.29) is 12.4 Å². The van der Waals surface area contributed by atoms with E-state index in [9.17, 15) is 18.4 Å². The summed E-state index contributed by atoms with van der Waals surface area (Å²) >= 11 is 0. The lowest BCUT2D eigenvalue weighted by molar-refractivity contribution is -0.136. The van der Waals surface area contributed by atoms with Gasteiger partial charge in [0.15, 0.2) is 35.5 Å². The molecule has 1 aliphatic heterocycles. The molecule has 3 rings (SSSR count). The Bertz CT molecular complexity index is 861. The number of carbonyl (C=O) groups is 2. The minimum Gasteiger partial charge on any atom is -0.454 e. The number of carbonyl (C=O) groups excluding carboxylic acids is 2. The molecule has 1 aliphatic rings. The van der Waals surface area contributed by atoms with E-state index in [0.717, 1.165) is 24.3 Å². The maximum absolute atomic E-state index is 13.1. The minimum atomic E-state index is -1.14. The van der Waals surface area contributed by atoms with E-state index in [4.69, 9.17) is 14.2 Å². The average molecular weight is 346 g/mol. The first-order valence-electron chi connectivity index (χ1n) is 7.25. The Morgan fingerprint density at radius 2 is 1.84 bits per heavy atom. The van der Waals surface area contributed by atoms with Gasteiger partial charge in [-0.1, -0.05) is 6.07 Å². The summed E-state index contributed by atoms with van der Waals surface area (Å²) in [5.74, 6) is -2.38. The van der Waals surface area contributed by atoms with E-state index < -0.39 is 30.0 Å². The zero-order valence-corrected chi connectivity index (χ0v) is 12.8. The lowest BCUT2D eigenvalue weighted by Gasteiger charge is -2.03. The fraction of sp³-hybridized carbons (Fsp3) is 0.111. The maximum atomic E-state index is 13.1. The van der Waals surface area contributed by atoms with Crippen LogP contribution in [0.3, 0.4) is 0 Å². The molecule has 25 heavy (non-hydrogen) atoms. The van der Waals surface area contributed by atoms with Crippen LogP contribution in [-0.4, -0.2) is 25.2 Å². The highest BCUT2D eigenvalue weighted by Crippen LogP contribution is 2.32.